The summed E-state index contributed by atoms with van der Waals surface area (Å²) >= 11 is 0. The van der Waals surface area contributed by atoms with E-state index >= 15 is 0 Å². The first kappa shape index (κ1) is 15.7. The summed E-state index contributed by atoms with van der Waals surface area (Å²) < 4.78 is 39.1. The molecule has 0 unspecified atom stereocenters. The van der Waals surface area contributed by atoms with E-state index in [0.29, 0.717) is 13.0 Å². The van der Waals surface area contributed by atoms with Crippen LogP contribution in [0.5, 0.6) is 0 Å². The van der Waals surface area contributed by atoms with E-state index in [9.17, 15) is 18.0 Å². The van der Waals surface area contributed by atoms with Crippen LogP contribution in [-0.2, 0) is 24.1 Å². The van der Waals surface area contributed by atoms with Gasteiger partial charge in [-0.25, -0.2) is 0 Å². The zero-order valence-corrected chi connectivity index (χ0v) is 11.9. The van der Waals surface area contributed by atoms with Gasteiger partial charge >= 0.3 is 6.18 Å². The van der Waals surface area contributed by atoms with Crippen molar-refractivity contribution >= 4 is 5.91 Å². The number of fused-ring (bicyclic) bond motifs is 1. The van der Waals surface area contributed by atoms with E-state index < -0.39 is 12.0 Å². The first-order valence-corrected chi connectivity index (χ1v) is 6.79. The van der Waals surface area contributed by atoms with E-state index in [1.807, 2.05) is 13.8 Å². The molecule has 1 amide bonds. The maximum atomic E-state index is 12.7. The van der Waals surface area contributed by atoms with Gasteiger partial charge in [-0.2, -0.15) is 13.2 Å². The number of nitrogens with one attached hydrogen (secondary N) is 1. The molecule has 0 radical (unpaired) electrons. The van der Waals surface area contributed by atoms with Crippen LogP contribution in [0.4, 0.5) is 13.2 Å². The summed E-state index contributed by atoms with van der Waals surface area (Å²) in [6.07, 6.45) is -4.20. The molecule has 1 aromatic heterocycles. The van der Waals surface area contributed by atoms with Gasteiger partial charge in [0.15, 0.2) is 5.82 Å². The number of hydrogen-bond donors (Lipinski definition) is 1. The van der Waals surface area contributed by atoms with Gasteiger partial charge in [0, 0.05) is 32.1 Å². The third-order valence-corrected chi connectivity index (χ3v) is 3.25. The molecule has 2 heterocycles. The first-order valence-electron chi connectivity index (χ1n) is 6.79. The van der Waals surface area contributed by atoms with Crippen LogP contribution in [-0.4, -0.2) is 44.7 Å². The molecule has 6 nitrogen and oxygen atoms in total. The number of carbonyl (C=O) groups excluding carboxylic acids is 1. The Hall–Kier alpha value is -1.64. The Morgan fingerprint density at radius 1 is 1.33 bits per heavy atom. The van der Waals surface area contributed by atoms with Crippen LogP contribution in [0.15, 0.2) is 0 Å². The monoisotopic (exact) mass is 305 g/mol. The number of aromatic nitrogens is 3. The minimum Gasteiger partial charge on any atom is -0.333 e. The molecule has 9 heteroatoms. The number of alkyl halides is 3. The molecule has 0 saturated carbocycles. The summed E-state index contributed by atoms with van der Waals surface area (Å²) in [7, 11) is 0. The molecule has 0 saturated heterocycles. The van der Waals surface area contributed by atoms with Crippen molar-refractivity contribution in [3.05, 3.63) is 11.6 Å². The van der Waals surface area contributed by atoms with Crippen molar-refractivity contribution in [2.45, 2.75) is 45.6 Å². The van der Waals surface area contributed by atoms with Crippen molar-refractivity contribution in [1.29, 1.82) is 0 Å². The van der Waals surface area contributed by atoms with Gasteiger partial charge in [-0.3, -0.25) is 4.79 Å². The van der Waals surface area contributed by atoms with Crippen LogP contribution >= 0.6 is 0 Å². The number of hydrogen-bond acceptors (Lipinski definition) is 4. The van der Waals surface area contributed by atoms with Crippen molar-refractivity contribution in [2.24, 2.45) is 0 Å². The summed E-state index contributed by atoms with van der Waals surface area (Å²) in [4.78, 5) is 13.5. The lowest BCUT2D eigenvalue weighted by atomic mass is 10.2. The largest absolute Gasteiger partial charge is 0.451 e. The third-order valence-electron chi connectivity index (χ3n) is 3.25. The fourth-order valence-corrected chi connectivity index (χ4v) is 2.21. The van der Waals surface area contributed by atoms with Crippen LogP contribution in [0.1, 0.15) is 31.9 Å². The second-order valence-electron chi connectivity index (χ2n) is 5.26. The normalized spacial score (nSPS) is 15.4. The van der Waals surface area contributed by atoms with Gasteiger partial charge in [-0.05, 0) is 0 Å². The average molecular weight is 305 g/mol. The Morgan fingerprint density at radius 2 is 2.05 bits per heavy atom. The summed E-state index contributed by atoms with van der Waals surface area (Å²) in [6.45, 7) is 4.89. The lowest BCUT2D eigenvalue weighted by molar-refractivity contribution is -0.148. The van der Waals surface area contributed by atoms with Crippen LogP contribution in [0.3, 0.4) is 0 Å². The maximum Gasteiger partial charge on any atom is 0.451 e. The molecule has 0 bridgehead atoms. The van der Waals surface area contributed by atoms with Gasteiger partial charge in [0.25, 0.3) is 0 Å². The molecular formula is C12H18F3N5O. The zero-order valence-electron chi connectivity index (χ0n) is 11.9. The molecule has 118 valence electrons. The number of carbonyl (C=O) groups is 1. The smallest absolute Gasteiger partial charge is 0.333 e. The molecule has 0 aliphatic carbocycles. The summed E-state index contributed by atoms with van der Waals surface area (Å²) in [5, 5.41) is 9.86. The highest BCUT2D eigenvalue weighted by molar-refractivity contribution is 5.76. The summed E-state index contributed by atoms with van der Waals surface area (Å²) in [5.41, 5.74) is 0. The van der Waals surface area contributed by atoms with E-state index in [4.69, 9.17) is 0 Å². The maximum absolute atomic E-state index is 12.7. The lowest BCUT2D eigenvalue weighted by Gasteiger charge is -2.28. The van der Waals surface area contributed by atoms with Crippen molar-refractivity contribution < 1.29 is 18.0 Å². The minimum absolute atomic E-state index is 0.0700. The molecule has 1 aliphatic heterocycles. The van der Waals surface area contributed by atoms with Crippen molar-refractivity contribution in [3.63, 3.8) is 0 Å². The lowest BCUT2D eigenvalue weighted by Crippen LogP contribution is -2.40. The minimum atomic E-state index is -4.52. The number of amides is 1. The number of halogens is 3. The number of nitrogens with zero attached hydrogens (tertiary/aromatic N) is 4. The topological polar surface area (TPSA) is 63.1 Å². The second-order valence-corrected chi connectivity index (χ2v) is 5.26. The molecule has 0 atom stereocenters. The fourth-order valence-electron chi connectivity index (χ4n) is 2.21. The molecule has 1 N–H and O–H groups in total. The molecule has 21 heavy (non-hydrogen) atoms. The molecule has 0 fully saturated rings. The fraction of sp³-hybridized carbons (Fsp3) is 0.750. The second kappa shape index (κ2) is 6.00. The highest BCUT2D eigenvalue weighted by Crippen LogP contribution is 2.29. The van der Waals surface area contributed by atoms with Gasteiger partial charge in [0.2, 0.25) is 11.7 Å². The number of rotatable bonds is 4. The van der Waals surface area contributed by atoms with Gasteiger partial charge < -0.3 is 14.8 Å². The standard InChI is InChI=1S/C12H18F3N5O/c1-8(2)16-4-3-10(21)19-5-6-20-9(7-19)17-18-11(20)12(13,14)15/h8,16H,3-7H2,1-2H3. The molecular weight excluding hydrogens is 287 g/mol. The van der Waals surface area contributed by atoms with Gasteiger partial charge in [-0.1, -0.05) is 13.8 Å². The van der Waals surface area contributed by atoms with Crippen LogP contribution in [0.25, 0.3) is 0 Å². The Balaban J connectivity index is 1.97. The summed E-state index contributed by atoms with van der Waals surface area (Å²) in [6, 6.07) is 0.289. The SMILES string of the molecule is CC(C)NCCC(=O)N1CCn2c(nnc2C(F)(F)F)C1. The van der Waals surface area contributed by atoms with Crippen molar-refractivity contribution in [3.8, 4) is 0 Å². The van der Waals surface area contributed by atoms with E-state index in [1.165, 1.54) is 4.90 Å². The van der Waals surface area contributed by atoms with Crippen molar-refractivity contribution in [2.75, 3.05) is 13.1 Å². The molecule has 1 aliphatic rings. The zero-order chi connectivity index (χ0) is 15.6. The predicted octanol–water partition coefficient (Wildman–Crippen LogP) is 1.03. The van der Waals surface area contributed by atoms with Crippen LogP contribution in [0.2, 0.25) is 0 Å². The van der Waals surface area contributed by atoms with Gasteiger partial charge in [-0.15, -0.1) is 10.2 Å². The molecule has 0 spiro atoms. The first-order chi connectivity index (χ1) is 9.79. The van der Waals surface area contributed by atoms with E-state index in [2.05, 4.69) is 15.5 Å². The molecule has 2 rings (SSSR count). The predicted molar refractivity (Wildman–Crippen MR) is 68.2 cm³/mol. The molecule has 1 aromatic rings. The van der Waals surface area contributed by atoms with Crippen LogP contribution < -0.4 is 5.32 Å². The highest BCUT2D eigenvalue weighted by atomic mass is 19.4. The van der Waals surface area contributed by atoms with Gasteiger partial charge in [0.05, 0.1) is 6.54 Å². The van der Waals surface area contributed by atoms with Gasteiger partial charge in [0.1, 0.15) is 0 Å². The highest BCUT2D eigenvalue weighted by Gasteiger charge is 2.39. The average Bonchev–Trinajstić information content (AvgIpc) is 2.80. The van der Waals surface area contributed by atoms with Crippen molar-refractivity contribution in [1.82, 2.24) is 25.0 Å². The Labute approximate surface area is 120 Å². The van der Waals surface area contributed by atoms with E-state index in [1.54, 1.807) is 0 Å². The Morgan fingerprint density at radius 3 is 2.67 bits per heavy atom. The quantitative estimate of drug-likeness (QED) is 0.902. The Bertz CT molecular complexity index is 511. The van der Waals surface area contributed by atoms with Crippen LogP contribution in [0, 0.1) is 0 Å². The molecule has 0 aromatic carbocycles. The third kappa shape index (κ3) is 3.72. The Kier molecular flexibility index (Phi) is 4.50. The van der Waals surface area contributed by atoms with E-state index in [0.717, 1.165) is 4.57 Å². The summed E-state index contributed by atoms with van der Waals surface area (Å²) in [5.74, 6) is -0.907. The van der Waals surface area contributed by atoms with E-state index in [-0.39, 0.29) is 37.4 Å².